The number of anilines is 1. The molecule has 4 aromatic rings. The van der Waals surface area contributed by atoms with Gasteiger partial charge in [0.05, 0.1) is 23.5 Å². The molecule has 10 nitrogen and oxygen atoms in total. The van der Waals surface area contributed by atoms with Gasteiger partial charge in [-0.2, -0.15) is 10.4 Å². The molecule has 7 heterocycles. The van der Waals surface area contributed by atoms with Crippen LogP contribution >= 0.6 is 0 Å². The summed E-state index contributed by atoms with van der Waals surface area (Å²) >= 11 is 0. The van der Waals surface area contributed by atoms with Crippen LogP contribution in [0.1, 0.15) is 47.2 Å². The molecule has 4 aliphatic rings. The van der Waals surface area contributed by atoms with E-state index in [0.717, 1.165) is 49.4 Å². The Morgan fingerprint density at radius 1 is 1.06 bits per heavy atom. The molecule has 8 rings (SSSR count). The number of hydrogen-bond donors (Lipinski definition) is 0. The number of pyridine rings is 2. The molecule has 1 aromatic carbocycles. The first-order valence-corrected chi connectivity index (χ1v) is 16.4. The zero-order chi connectivity index (χ0) is 32.2. The topological polar surface area (TPSA) is 107 Å². The highest BCUT2D eigenvalue weighted by Crippen LogP contribution is 2.37. The van der Waals surface area contributed by atoms with E-state index in [-0.39, 0.29) is 11.7 Å². The number of halogens is 1. The summed E-state index contributed by atoms with van der Waals surface area (Å²) in [5.41, 5.74) is 3.69. The lowest BCUT2D eigenvalue weighted by molar-refractivity contribution is -0.123. The molecule has 4 atom stereocenters. The first kappa shape index (κ1) is 29.6. The van der Waals surface area contributed by atoms with E-state index in [9.17, 15) is 19.2 Å². The lowest BCUT2D eigenvalue weighted by atomic mass is 10.0. The van der Waals surface area contributed by atoms with E-state index in [0.29, 0.717) is 90.2 Å². The van der Waals surface area contributed by atoms with Gasteiger partial charge in [-0.1, -0.05) is 6.07 Å². The zero-order valence-electron chi connectivity index (χ0n) is 26.3. The van der Waals surface area contributed by atoms with E-state index in [1.54, 1.807) is 29.8 Å². The Kier molecular flexibility index (Phi) is 7.40. The number of rotatable bonds is 7. The van der Waals surface area contributed by atoms with Crippen molar-refractivity contribution in [2.45, 2.75) is 44.7 Å². The van der Waals surface area contributed by atoms with E-state index in [1.807, 2.05) is 35.5 Å². The maximum Gasteiger partial charge on any atom is 0.254 e. The molecule has 0 aliphatic carbocycles. The predicted octanol–water partition coefficient (Wildman–Crippen LogP) is 4.50. The molecular formula is C36H36FN7O3. The minimum absolute atomic E-state index is 0.102. The molecule has 4 unspecified atom stereocenters. The van der Waals surface area contributed by atoms with E-state index in [1.165, 1.54) is 6.07 Å². The summed E-state index contributed by atoms with van der Waals surface area (Å²) in [6, 6.07) is 13.6. The van der Waals surface area contributed by atoms with Gasteiger partial charge in [-0.05, 0) is 55.7 Å². The Morgan fingerprint density at radius 2 is 1.83 bits per heavy atom. The number of aromatic nitrogens is 3. The number of piperidine rings is 1. The fourth-order valence-corrected chi connectivity index (χ4v) is 8.26. The molecule has 0 saturated carbocycles. The summed E-state index contributed by atoms with van der Waals surface area (Å²) in [7, 11) is 0. The van der Waals surface area contributed by atoms with Gasteiger partial charge >= 0.3 is 0 Å². The highest BCUT2D eigenvalue weighted by atomic mass is 19.1. The predicted molar refractivity (Wildman–Crippen MR) is 173 cm³/mol. The van der Waals surface area contributed by atoms with Crippen LogP contribution in [0.15, 0.2) is 55.0 Å². The van der Waals surface area contributed by atoms with Crippen LogP contribution in [-0.2, 0) is 4.79 Å². The van der Waals surface area contributed by atoms with Crippen molar-refractivity contribution in [3.63, 3.8) is 0 Å². The molecule has 4 aliphatic heterocycles. The van der Waals surface area contributed by atoms with Crippen molar-refractivity contribution < 1.29 is 18.7 Å². The van der Waals surface area contributed by atoms with Crippen LogP contribution in [0.3, 0.4) is 0 Å². The fraction of sp³-hybridized carbons (Fsp3) is 0.417. The van der Waals surface area contributed by atoms with Crippen molar-refractivity contribution >= 4 is 23.0 Å². The molecule has 47 heavy (non-hydrogen) atoms. The van der Waals surface area contributed by atoms with Crippen molar-refractivity contribution in [3.8, 4) is 22.9 Å². The number of likely N-dealkylation sites (tertiary alicyclic amines) is 1. The molecule has 4 fully saturated rings. The van der Waals surface area contributed by atoms with Gasteiger partial charge in [0.2, 0.25) is 0 Å². The maximum atomic E-state index is 14.1. The van der Waals surface area contributed by atoms with E-state index in [4.69, 9.17) is 9.72 Å². The number of hydrogen-bond acceptors (Lipinski definition) is 8. The highest BCUT2D eigenvalue weighted by Gasteiger charge is 2.42. The lowest BCUT2D eigenvalue weighted by Gasteiger charge is -2.33. The minimum Gasteiger partial charge on any atom is -0.491 e. The number of carbonyl (C=O) groups excluding carboxylic acids is 2. The summed E-state index contributed by atoms with van der Waals surface area (Å²) in [5, 5.41) is 14.2. The second kappa shape index (κ2) is 11.8. The first-order valence-electron chi connectivity index (χ1n) is 16.4. The van der Waals surface area contributed by atoms with E-state index in [2.05, 4.69) is 21.0 Å². The van der Waals surface area contributed by atoms with Crippen LogP contribution in [-0.4, -0.2) is 87.5 Å². The minimum atomic E-state index is -0.355. The Morgan fingerprint density at radius 3 is 2.53 bits per heavy atom. The molecule has 2 bridgehead atoms. The third-order valence-corrected chi connectivity index (χ3v) is 10.7. The van der Waals surface area contributed by atoms with Gasteiger partial charge in [0.1, 0.15) is 35.8 Å². The number of carbonyl (C=O) groups is 2. The maximum absolute atomic E-state index is 14.1. The molecule has 3 aromatic heterocycles. The summed E-state index contributed by atoms with van der Waals surface area (Å²) in [6.07, 6.45) is 8.66. The van der Waals surface area contributed by atoms with E-state index < -0.39 is 0 Å². The van der Waals surface area contributed by atoms with Crippen molar-refractivity contribution in [3.05, 3.63) is 77.5 Å². The van der Waals surface area contributed by atoms with Gasteiger partial charge in [0.15, 0.2) is 0 Å². The average Bonchev–Trinajstić information content (AvgIpc) is 3.83. The normalized spacial score (nSPS) is 23.8. The van der Waals surface area contributed by atoms with Crippen LogP contribution in [0.2, 0.25) is 0 Å². The molecule has 0 spiro atoms. The second-order valence-electron chi connectivity index (χ2n) is 13.4. The zero-order valence-corrected chi connectivity index (χ0v) is 26.3. The van der Waals surface area contributed by atoms with Gasteiger partial charge in [-0.15, -0.1) is 0 Å². The smallest absolute Gasteiger partial charge is 0.254 e. The van der Waals surface area contributed by atoms with Crippen molar-refractivity contribution in [2.24, 2.45) is 11.8 Å². The second-order valence-corrected chi connectivity index (χ2v) is 13.4. The van der Waals surface area contributed by atoms with Crippen LogP contribution < -0.4 is 9.64 Å². The molecular weight excluding hydrogens is 597 g/mol. The largest absolute Gasteiger partial charge is 0.491 e. The molecule has 0 N–H and O–H groups in total. The van der Waals surface area contributed by atoms with Gasteiger partial charge in [0, 0.05) is 92.4 Å². The molecule has 0 radical (unpaired) electrons. The van der Waals surface area contributed by atoms with Crippen LogP contribution in [0.25, 0.3) is 16.6 Å². The van der Waals surface area contributed by atoms with Crippen LogP contribution in [0, 0.1) is 35.9 Å². The summed E-state index contributed by atoms with van der Waals surface area (Å²) < 4.78 is 22.0. The Balaban J connectivity index is 0.956. The van der Waals surface area contributed by atoms with Gasteiger partial charge < -0.3 is 14.5 Å². The lowest BCUT2D eigenvalue weighted by Crippen LogP contribution is -2.44. The number of Topliss-reactive ketones (excluding diaryl/α,β-unsaturated/α-hetero) is 1. The van der Waals surface area contributed by atoms with Gasteiger partial charge in [-0.25, -0.2) is 13.9 Å². The number of nitriles is 1. The van der Waals surface area contributed by atoms with Gasteiger partial charge in [0.25, 0.3) is 5.91 Å². The number of ether oxygens (including phenoxy) is 1. The number of nitrogens with zero attached hydrogens (tertiary/aromatic N) is 7. The van der Waals surface area contributed by atoms with Gasteiger partial charge in [-0.3, -0.25) is 14.5 Å². The van der Waals surface area contributed by atoms with Crippen LogP contribution in [0.5, 0.6) is 5.75 Å². The molecule has 11 heteroatoms. The number of benzene rings is 1. The third-order valence-electron chi connectivity index (χ3n) is 10.7. The van der Waals surface area contributed by atoms with Crippen molar-refractivity contribution in [1.82, 2.24) is 24.4 Å². The standard InChI is InChI=1S/C36H36FN7O3/c1-22-31(3-2-4-33(22)37)36(46)42-19-25-17-41(18-26(25)20-42)34-8-5-23(15-39-34)32-13-30(21-44-35(32)24(14-38)16-40-44)47-10-9-43-27-6-7-28(43)12-29(45)11-27/h2-5,8,13,15-16,21,25-28H,6-7,9-12,17-20H2,1H3. The summed E-state index contributed by atoms with van der Waals surface area (Å²) in [4.78, 5) is 36.6. The van der Waals surface area contributed by atoms with Crippen LogP contribution in [0.4, 0.5) is 10.2 Å². The number of amides is 1. The fourth-order valence-electron chi connectivity index (χ4n) is 8.26. The van der Waals surface area contributed by atoms with Crippen molar-refractivity contribution in [1.29, 1.82) is 5.26 Å². The number of fused-ring (bicyclic) bond motifs is 4. The quantitative estimate of drug-likeness (QED) is 0.293. The highest BCUT2D eigenvalue weighted by molar-refractivity contribution is 5.96. The summed E-state index contributed by atoms with van der Waals surface area (Å²) in [5.74, 6) is 2.10. The molecule has 1 amide bonds. The first-order chi connectivity index (χ1) is 22.9. The Bertz CT molecular complexity index is 1890. The molecule has 4 saturated heterocycles. The monoisotopic (exact) mass is 633 g/mol. The van der Waals surface area contributed by atoms with E-state index >= 15 is 0 Å². The Hall–Kier alpha value is -4.82. The third kappa shape index (κ3) is 5.30. The number of ketones is 1. The van der Waals surface area contributed by atoms with Crippen molar-refractivity contribution in [2.75, 3.05) is 44.2 Å². The average molecular weight is 634 g/mol. The molecule has 240 valence electrons. The summed E-state index contributed by atoms with van der Waals surface area (Å²) in [6.45, 7) is 5.81. The SMILES string of the molecule is Cc1c(F)cccc1C(=O)N1CC2CN(c3ccc(-c4cc(OCCN5C6CCC5CC(=O)C6)cn5ncc(C#N)c45)cn3)CC2C1. The Labute approximate surface area is 272 Å².